The molecule has 2 aromatic rings. The van der Waals surface area contributed by atoms with Gasteiger partial charge in [0.05, 0.1) is 5.69 Å². The van der Waals surface area contributed by atoms with Crippen LogP contribution in [0.5, 0.6) is 0 Å². The number of fused-ring (bicyclic) bond motifs is 1. The highest BCUT2D eigenvalue weighted by Gasteiger charge is 2.20. The first-order valence-corrected chi connectivity index (χ1v) is 8.28. The Morgan fingerprint density at radius 3 is 2.95 bits per heavy atom. The van der Waals surface area contributed by atoms with Crippen LogP contribution in [0, 0.1) is 12.8 Å². The van der Waals surface area contributed by atoms with Gasteiger partial charge in [-0.1, -0.05) is 20.3 Å². The third kappa shape index (κ3) is 3.04. The third-order valence-electron chi connectivity index (χ3n) is 4.35. The average Bonchev–Trinajstić information content (AvgIpc) is 2.86. The van der Waals surface area contributed by atoms with Gasteiger partial charge in [-0.15, -0.1) is 0 Å². The maximum Gasteiger partial charge on any atom is 0.157 e. The minimum absolute atomic E-state index is 0.761. The second kappa shape index (κ2) is 6.04. The van der Waals surface area contributed by atoms with Crippen LogP contribution in [0.25, 0.3) is 5.65 Å². The largest absolute Gasteiger partial charge is 0.356 e. The van der Waals surface area contributed by atoms with Crippen LogP contribution in [-0.4, -0.2) is 27.7 Å². The molecule has 1 fully saturated rings. The van der Waals surface area contributed by atoms with Crippen LogP contribution in [0.1, 0.15) is 50.9 Å². The summed E-state index contributed by atoms with van der Waals surface area (Å²) in [5.41, 5.74) is 3.24. The van der Waals surface area contributed by atoms with Gasteiger partial charge in [0.15, 0.2) is 5.65 Å². The van der Waals surface area contributed by atoms with Crippen LogP contribution in [0.15, 0.2) is 12.1 Å². The second-order valence-electron chi connectivity index (χ2n) is 6.46. The minimum atomic E-state index is 0.761. The molecule has 4 heteroatoms. The van der Waals surface area contributed by atoms with Crippen molar-refractivity contribution in [3.63, 3.8) is 0 Å². The summed E-state index contributed by atoms with van der Waals surface area (Å²) in [7, 11) is 0. The topological polar surface area (TPSA) is 33.4 Å². The molecular weight excluding hydrogens is 260 g/mol. The summed E-state index contributed by atoms with van der Waals surface area (Å²) >= 11 is 0. The summed E-state index contributed by atoms with van der Waals surface area (Å²) in [6.45, 7) is 8.90. The Bertz CT molecular complexity index is 617. The van der Waals surface area contributed by atoms with E-state index < -0.39 is 0 Å². The molecule has 0 N–H and O–H groups in total. The summed E-state index contributed by atoms with van der Waals surface area (Å²) in [4.78, 5) is 7.13. The van der Waals surface area contributed by atoms with Crippen molar-refractivity contribution in [2.24, 2.45) is 5.92 Å². The first-order chi connectivity index (χ1) is 10.2. The van der Waals surface area contributed by atoms with Crippen LogP contribution in [0.2, 0.25) is 0 Å². The molecule has 0 spiro atoms. The second-order valence-corrected chi connectivity index (χ2v) is 6.46. The zero-order valence-corrected chi connectivity index (χ0v) is 13.5. The van der Waals surface area contributed by atoms with E-state index in [-0.39, 0.29) is 0 Å². The van der Waals surface area contributed by atoms with Crippen LogP contribution in [0.4, 0.5) is 5.82 Å². The molecule has 4 nitrogen and oxygen atoms in total. The van der Waals surface area contributed by atoms with Crippen molar-refractivity contribution in [1.82, 2.24) is 14.6 Å². The first kappa shape index (κ1) is 14.4. The van der Waals surface area contributed by atoms with Crippen molar-refractivity contribution in [3.8, 4) is 0 Å². The molecule has 1 saturated heterocycles. The highest BCUT2D eigenvalue weighted by Crippen LogP contribution is 2.24. The highest BCUT2D eigenvalue weighted by molar-refractivity contribution is 5.52. The Labute approximate surface area is 127 Å². The monoisotopic (exact) mass is 286 g/mol. The summed E-state index contributed by atoms with van der Waals surface area (Å²) in [6.07, 6.45) is 6.06. The normalized spacial score (nSPS) is 19.4. The number of aryl methyl sites for hydroxylation is 2. The first-order valence-electron chi connectivity index (χ1n) is 8.28. The van der Waals surface area contributed by atoms with Crippen molar-refractivity contribution in [3.05, 3.63) is 23.5 Å². The number of hydrogen-bond acceptors (Lipinski definition) is 3. The van der Waals surface area contributed by atoms with Gasteiger partial charge in [-0.3, -0.25) is 0 Å². The Hall–Kier alpha value is -1.58. The van der Waals surface area contributed by atoms with Gasteiger partial charge < -0.3 is 4.90 Å². The van der Waals surface area contributed by atoms with E-state index in [9.17, 15) is 0 Å². The van der Waals surface area contributed by atoms with Gasteiger partial charge in [-0.25, -0.2) is 4.98 Å². The van der Waals surface area contributed by atoms with Gasteiger partial charge in [0.25, 0.3) is 0 Å². The molecule has 3 rings (SSSR count). The number of unbranched alkanes of at least 4 members (excludes halogenated alkanes) is 1. The molecule has 1 aliphatic heterocycles. The lowest BCUT2D eigenvalue weighted by molar-refractivity contribution is 0.442. The lowest BCUT2D eigenvalue weighted by Gasteiger charge is -2.32. The Kier molecular flexibility index (Phi) is 4.13. The molecule has 0 saturated carbocycles. The lowest BCUT2D eigenvalue weighted by atomic mass is 10.0. The summed E-state index contributed by atoms with van der Waals surface area (Å²) in [5, 5.41) is 4.80. The third-order valence-corrected chi connectivity index (χ3v) is 4.35. The molecule has 2 aromatic heterocycles. The van der Waals surface area contributed by atoms with Crippen LogP contribution in [0.3, 0.4) is 0 Å². The van der Waals surface area contributed by atoms with E-state index in [4.69, 9.17) is 5.10 Å². The summed E-state index contributed by atoms with van der Waals surface area (Å²) in [6, 6.07) is 4.33. The fraction of sp³-hybridized carbons (Fsp3) is 0.647. The zero-order valence-electron chi connectivity index (χ0n) is 13.5. The number of piperidine rings is 1. The van der Waals surface area contributed by atoms with Gasteiger partial charge in [0.2, 0.25) is 0 Å². The predicted octanol–water partition coefficient (Wildman–Crippen LogP) is 3.62. The van der Waals surface area contributed by atoms with Crippen LogP contribution < -0.4 is 4.90 Å². The summed E-state index contributed by atoms with van der Waals surface area (Å²) < 4.78 is 2.05. The van der Waals surface area contributed by atoms with E-state index in [0.717, 1.165) is 36.8 Å². The number of anilines is 1. The molecule has 0 amide bonds. The fourth-order valence-electron chi connectivity index (χ4n) is 3.23. The SMILES string of the molecule is CCCCc1cc2nc(C)cc(N3CCC[C@H](C)C3)n2n1. The Balaban J connectivity index is 1.98. The maximum absolute atomic E-state index is 4.80. The van der Waals surface area contributed by atoms with E-state index in [1.165, 1.54) is 37.2 Å². The zero-order chi connectivity index (χ0) is 14.8. The number of rotatable bonds is 4. The molecule has 0 unspecified atom stereocenters. The lowest BCUT2D eigenvalue weighted by Crippen LogP contribution is -2.35. The molecule has 21 heavy (non-hydrogen) atoms. The van der Waals surface area contributed by atoms with E-state index in [1.54, 1.807) is 0 Å². The van der Waals surface area contributed by atoms with Gasteiger partial charge in [-0.2, -0.15) is 9.61 Å². The fourth-order valence-corrected chi connectivity index (χ4v) is 3.23. The Morgan fingerprint density at radius 2 is 2.19 bits per heavy atom. The Morgan fingerprint density at radius 1 is 1.33 bits per heavy atom. The maximum atomic E-state index is 4.80. The quantitative estimate of drug-likeness (QED) is 0.861. The number of nitrogens with zero attached hydrogens (tertiary/aromatic N) is 4. The molecule has 0 aliphatic carbocycles. The minimum Gasteiger partial charge on any atom is -0.356 e. The van der Waals surface area contributed by atoms with Gasteiger partial charge in [-0.05, 0) is 38.5 Å². The molecule has 3 heterocycles. The van der Waals surface area contributed by atoms with E-state index in [0.29, 0.717) is 0 Å². The number of aromatic nitrogens is 3. The molecule has 114 valence electrons. The molecule has 0 bridgehead atoms. The molecular formula is C17H26N4. The van der Waals surface area contributed by atoms with Crippen molar-refractivity contribution in [2.75, 3.05) is 18.0 Å². The van der Waals surface area contributed by atoms with E-state index >= 15 is 0 Å². The number of hydrogen-bond donors (Lipinski definition) is 0. The predicted molar refractivity (Wildman–Crippen MR) is 86.9 cm³/mol. The van der Waals surface area contributed by atoms with E-state index in [2.05, 4.69) is 47.3 Å². The standard InChI is InChI=1S/C17H26N4/c1-4-5-8-15-11-16-18-14(3)10-17(21(16)19-15)20-9-6-7-13(2)12-20/h10-11,13H,4-9,12H2,1-3H3/t13-/m0/s1. The van der Waals surface area contributed by atoms with Gasteiger partial charge in [0, 0.05) is 30.9 Å². The van der Waals surface area contributed by atoms with Crippen LogP contribution in [-0.2, 0) is 6.42 Å². The molecule has 0 radical (unpaired) electrons. The molecule has 1 atom stereocenters. The molecule has 1 aliphatic rings. The summed E-state index contributed by atoms with van der Waals surface area (Å²) in [5.74, 6) is 1.98. The van der Waals surface area contributed by atoms with E-state index in [1.807, 2.05) is 0 Å². The van der Waals surface area contributed by atoms with Crippen molar-refractivity contribution in [1.29, 1.82) is 0 Å². The van der Waals surface area contributed by atoms with Crippen molar-refractivity contribution < 1.29 is 0 Å². The highest BCUT2D eigenvalue weighted by atomic mass is 15.3. The van der Waals surface area contributed by atoms with Gasteiger partial charge >= 0.3 is 0 Å². The molecule has 0 aromatic carbocycles. The van der Waals surface area contributed by atoms with Crippen LogP contribution >= 0.6 is 0 Å². The average molecular weight is 286 g/mol. The smallest absolute Gasteiger partial charge is 0.157 e. The van der Waals surface area contributed by atoms with Gasteiger partial charge in [0.1, 0.15) is 5.82 Å². The van der Waals surface area contributed by atoms with Crippen molar-refractivity contribution >= 4 is 11.5 Å². The van der Waals surface area contributed by atoms with Crippen molar-refractivity contribution in [2.45, 2.75) is 52.9 Å².